The Morgan fingerprint density at radius 2 is 0.594 bits per heavy atom. The van der Waals surface area contributed by atoms with Crippen LogP contribution in [0, 0.1) is 0 Å². The topological polar surface area (TPSA) is 166 Å². The highest BCUT2D eigenvalue weighted by atomic mass is 31.1. The van der Waals surface area contributed by atoms with Crippen LogP contribution in [0.3, 0.4) is 0 Å². The third kappa shape index (κ3) is 44.0. The number of hydrogen-bond donors (Lipinski definition) is 6. The van der Waals surface area contributed by atoms with Gasteiger partial charge in [0.15, 0.2) is 0 Å². The Bertz CT molecular complexity index is 254. The molecule has 0 rings (SSSR count). The molecule has 200 valence electrons. The van der Waals surface area contributed by atoms with Crippen LogP contribution in [0.1, 0.15) is 136 Å². The summed E-state index contributed by atoms with van der Waals surface area (Å²) in [6, 6.07) is 0. The molecule has 0 aliphatic carbocycles. The summed E-state index contributed by atoms with van der Waals surface area (Å²) in [6.07, 6.45) is 31.2. The second-order valence-corrected chi connectivity index (χ2v) is 11.2. The van der Waals surface area contributed by atoms with Crippen molar-refractivity contribution < 1.29 is 15.1 Å². The van der Waals surface area contributed by atoms with Gasteiger partial charge in [-0.05, 0) is 37.7 Å². The molecule has 0 aromatic heterocycles. The molecule has 0 radical (unpaired) electrons. The van der Waals surface area contributed by atoms with Gasteiger partial charge in [0.25, 0.3) is 0 Å². The first kappa shape index (κ1) is 42.4. The van der Waals surface area contributed by atoms with E-state index in [1.807, 2.05) is 0 Å². The third-order valence-electron chi connectivity index (χ3n) is 5.48. The largest absolute Gasteiger partial charge is 0.631 e. The van der Waals surface area contributed by atoms with Gasteiger partial charge in [-0.3, -0.25) is 0 Å². The normalized spacial score (nSPS) is 9.84. The van der Waals surface area contributed by atoms with E-state index in [1.54, 1.807) is 18.5 Å². The first-order valence-electron chi connectivity index (χ1n) is 12.8. The summed E-state index contributed by atoms with van der Waals surface area (Å²) in [5, 5.41) is 21.5. The minimum atomic E-state index is -2.17. The smallest absolute Gasteiger partial charge is 0.402 e. The van der Waals surface area contributed by atoms with Crippen LogP contribution in [0.5, 0.6) is 0 Å². The van der Waals surface area contributed by atoms with Crippen LogP contribution in [-0.2, 0) is 0 Å². The lowest BCUT2D eigenvalue weighted by molar-refractivity contribution is 0.278. The van der Waals surface area contributed by atoms with E-state index in [2.05, 4.69) is 20.8 Å². The average molecular weight is 484 g/mol. The molecule has 0 aliphatic heterocycles. The monoisotopic (exact) mass is 483 g/mol. The van der Waals surface area contributed by atoms with Gasteiger partial charge in [0.1, 0.15) is 0 Å². The highest BCUT2D eigenvalue weighted by Crippen LogP contribution is 2.39. The zero-order valence-corrected chi connectivity index (χ0v) is 23.2. The van der Waals surface area contributed by atoms with Crippen LogP contribution in [-0.4, -0.2) is 40.9 Å². The Kier molecular flexibility index (Phi) is 51.1. The fourth-order valence-electron chi connectivity index (χ4n) is 3.68. The van der Waals surface area contributed by atoms with Gasteiger partial charge in [0.2, 0.25) is 0 Å². The maximum atomic E-state index is 7.17. The second kappa shape index (κ2) is 38.5. The van der Waals surface area contributed by atoms with E-state index in [9.17, 15) is 0 Å². The summed E-state index contributed by atoms with van der Waals surface area (Å²) in [5.41, 5.74) is 0. The fourth-order valence-corrected chi connectivity index (χ4v) is 6.37. The lowest BCUT2D eigenvalue weighted by atomic mass is 10.1. The zero-order valence-electron chi connectivity index (χ0n) is 22.3. The summed E-state index contributed by atoms with van der Waals surface area (Å²) in [7, 11) is -1.80. The van der Waals surface area contributed by atoms with Crippen LogP contribution >= 0.6 is 7.92 Å². The van der Waals surface area contributed by atoms with Crippen LogP contribution in [0.25, 0.3) is 0 Å². The first-order valence-corrected chi connectivity index (χ1v) is 14.7. The van der Waals surface area contributed by atoms with E-state index in [4.69, 9.17) is 15.1 Å². The minimum absolute atomic E-state index is 0. The van der Waals surface area contributed by atoms with Gasteiger partial charge in [-0.15, -0.1) is 7.92 Å². The van der Waals surface area contributed by atoms with Crippen molar-refractivity contribution in [1.29, 1.82) is 0 Å². The van der Waals surface area contributed by atoms with E-state index >= 15 is 0 Å². The molecule has 0 heterocycles. The maximum Gasteiger partial charge on any atom is 0.631 e. The molecule has 8 heteroatoms. The summed E-state index contributed by atoms with van der Waals surface area (Å²) >= 11 is 0. The standard InChI is InChI=1S/C24H51P.BH3O3.3H3N/c1-4-7-10-13-16-19-22-25(23-20-17-14-11-8-5-2)24-21-18-15-12-9-6-3;2-1(3)4;;;/h4-24H2,1-3H3;2-4H;3*1H3. The van der Waals surface area contributed by atoms with Crippen molar-refractivity contribution in [3.8, 4) is 0 Å². The molecule has 0 saturated heterocycles. The van der Waals surface area contributed by atoms with Crippen LogP contribution in [0.15, 0.2) is 0 Å². The molecule has 0 aromatic carbocycles. The average Bonchev–Trinajstić information content (AvgIpc) is 2.68. The molecule has 6 nitrogen and oxygen atoms in total. The minimum Gasteiger partial charge on any atom is -0.402 e. The van der Waals surface area contributed by atoms with Gasteiger partial charge in [-0.1, -0.05) is 117 Å². The van der Waals surface area contributed by atoms with E-state index in [-0.39, 0.29) is 18.5 Å². The molecule has 0 amide bonds. The van der Waals surface area contributed by atoms with Gasteiger partial charge in [0, 0.05) is 0 Å². The third-order valence-corrected chi connectivity index (χ3v) is 8.33. The predicted molar refractivity (Wildman–Crippen MR) is 149 cm³/mol. The molecule has 0 aliphatic rings. The van der Waals surface area contributed by atoms with E-state index in [0.717, 1.165) is 0 Å². The van der Waals surface area contributed by atoms with E-state index in [0.29, 0.717) is 7.92 Å². The summed E-state index contributed by atoms with van der Waals surface area (Å²) in [6.45, 7) is 6.96. The van der Waals surface area contributed by atoms with Gasteiger partial charge < -0.3 is 33.5 Å². The van der Waals surface area contributed by atoms with Crippen molar-refractivity contribution in [2.24, 2.45) is 0 Å². The lowest BCUT2D eigenvalue weighted by Crippen LogP contribution is -2.07. The molecule has 0 unspecified atom stereocenters. The number of hydrogen-bond acceptors (Lipinski definition) is 6. The molecule has 0 spiro atoms. The molecule has 32 heavy (non-hydrogen) atoms. The molecular weight excluding hydrogens is 420 g/mol. The first-order chi connectivity index (χ1) is 14.1. The van der Waals surface area contributed by atoms with E-state index < -0.39 is 7.32 Å². The Morgan fingerprint density at radius 1 is 0.406 bits per heavy atom. The molecule has 12 N–H and O–H groups in total. The van der Waals surface area contributed by atoms with Crippen molar-refractivity contribution in [3.05, 3.63) is 0 Å². The Hall–Kier alpha value is 0.255. The fraction of sp³-hybridized carbons (Fsp3) is 1.00. The molecule has 0 atom stereocenters. The highest BCUT2D eigenvalue weighted by molar-refractivity contribution is 7.57. The maximum absolute atomic E-state index is 7.17. The van der Waals surface area contributed by atoms with Crippen molar-refractivity contribution in [1.82, 2.24) is 18.5 Å². The summed E-state index contributed by atoms with van der Waals surface area (Å²) in [4.78, 5) is 0. The number of rotatable bonds is 21. The molecular formula is C24H63BN3O3P. The van der Waals surface area contributed by atoms with Crippen molar-refractivity contribution >= 4 is 15.2 Å². The Morgan fingerprint density at radius 3 is 0.812 bits per heavy atom. The second-order valence-electron chi connectivity index (χ2n) is 8.49. The summed E-state index contributed by atoms with van der Waals surface area (Å²) in [5.74, 6) is 0. The SMILES string of the molecule is CCCCCCCCP(CCCCCCCC)CCCCCCCC.N.N.N.OB(O)O. The van der Waals surface area contributed by atoms with Crippen molar-refractivity contribution in [2.45, 2.75) is 136 Å². The lowest BCUT2D eigenvalue weighted by Gasteiger charge is -2.18. The Labute approximate surface area is 203 Å². The zero-order chi connectivity index (χ0) is 22.0. The van der Waals surface area contributed by atoms with Gasteiger partial charge >= 0.3 is 7.32 Å². The van der Waals surface area contributed by atoms with Gasteiger partial charge in [-0.25, -0.2) is 0 Å². The van der Waals surface area contributed by atoms with Crippen LogP contribution in [0.4, 0.5) is 0 Å². The quantitative estimate of drug-likeness (QED) is 0.0549. The molecule has 0 saturated carbocycles. The van der Waals surface area contributed by atoms with Gasteiger partial charge in [0.05, 0.1) is 0 Å². The Balaban J connectivity index is -0.000000318. The number of unbranched alkanes of at least 4 members (excludes halogenated alkanes) is 15. The van der Waals surface area contributed by atoms with Crippen LogP contribution < -0.4 is 18.5 Å². The van der Waals surface area contributed by atoms with Crippen LogP contribution in [0.2, 0.25) is 0 Å². The highest BCUT2D eigenvalue weighted by Gasteiger charge is 2.07. The molecule has 0 fully saturated rings. The van der Waals surface area contributed by atoms with Crippen molar-refractivity contribution in [2.75, 3.05) is 18.5 Å². The predicted octanol–water partition coefficient (Wildman–Crippen LogP) is 7.98. The summed E-state index contributed by atoms with van der Waals surface area (Å²) < 4.78 is 0. The van der Waals surface area contributed by atoms with Gasteiger partial charge in [-0.2, -0.15) is 0 Å². The molecule has 0 aromatic rings. The molecule has 0 bridgehead atoms. The van der Waals surface area contributed by atoms with E-state index in [1.165, 1.54) is 116 Å². The van der Waals surface area contributed by atoms with Crippen molar-refractivity contribution in [3.63, 3.8) is 0 Å².